The van der Waals surface area contributed by atoms with Gasteiger partial charge in [0.05, 0.1) is 17.3 Å². The maximum atomic E-state index is 13.1. The van der Waals surface area contributed by atoms with Gasteiger partial charge in [-0.25, -0.2) is 8.42 Å². The molecule has 2 aliphatic rings. The summed E-state index contributed by atoms with van der Waals surface area (Å²) in [7, 11) is -3.04. The molecule has 3 aromatic rings. The van der Waals surface area contributed by atoms with E-state index in [0.29, 0.717) is 25.4 Å². The van der Waals surface area contributed by atoms with Crippen molar-refractivity contribution in [3.63, 3.8) is 0 Å². The lowest BCUT2D eigenvalue weighted by atomic mass is 9.95. The molecular weight excluding hydrogens is 492 g/mol. The number of hydrogen-bond donors (Lipinski definition) is 0. The zero-order valence-electron chi connectivity index (χ0n) is 20.8. The van der Waals surface area contributed by atoms with Gasteiger partial charge in [0.2, 0.25) is 5.91 Å². The number of amides is 1. The summed E-state index contributed by atoms with van der Waals surface area (Å²) in [6.07, 6.45) is 7.07. The predicted molar refractivity (Wildman–Crippen MR) is 144 cm³/mol. The lowest BCUT2D eigenvalue weighted by Crippen LogP contribution is -2.42. The highest BCUT2D eigenvalue weighted by Gasteiger charge is 2.34. The van der Waals surface area contributed by atoms with Gasteiger partial charge in [0, 0.05) is 25.0 Å². The number of rotatable bonds is 8. The molecule has 36 heavy (non-hydrogen) atoms. The van der Waals surface area contributed by atoms with Crippen molar-refractivity contribution in [1.29, 1.82) is 0 Å². The molecule has 1 amide bonds. The maximum Gasteiger partial charge on any atom is 0.233 e. The Morgan fingerprint density at radius 1 is 1.06 bits per heavy atom. The lowest BCUT2D eigenvalue weighted by Gasteiger charge is -2.27. The summed E-state index contributed by atoms with van der Waals surface area (Å²) in [6, 6.07) is 14.9. The molecule has 0 bridgehead atoms. The smallest absolute Gasteiger partial charge is 0.233 e. The summed E-state index contributed by atoms with van der Waals surface area (Å²) < 4.78 is 26.2. The van der Waals surface area contributed by atoms with Crippen LogP contribution in [0.15, 0.2) is 47.6 Å². The molecule has 0 radical (unpaired) electrons. The van der Waals surface area contributed by atoms with Crippen LogP contribution in [0.4, 0.5) is 0 Å². The van der Waals surface area contributed by atoms with Crippen LogP contribution in [-0.2, 0) is 21.1 Å². The maximum absolute atomic E-state index is 13.1. The molecule has 2 fully saturated rings. The van der Waals surface area contributed by atoms with Crippen LogP contribution < -0.4 is 0 Å². The minimum Gasteiger partial charge on any atom is -0.338 e. The minimum atomic E-state index is -3.04. The predicted octanol–water partition coefficient (Wildman–Crippen LogP) is 4.66. The molecule has 192 valence electrons. The minimum absolute atomic E-state index is 0.0293. The van der Waals surface area contributed by atoms with Gasteiger partial charge < -0.3 is 9.47 Å². The van der Waals surface area contributed by atoms with E-state index in [1.807, 2.05) is 6.92 Å². The number of fused-ring (bicyclic) bond motifs is 1. The molecule has 2 heterocycles. The van der Waals surface area contributed by atoms with Gasteiger partial charge in [0.15, 0.2) is 15.0 Å². The SMILES string of the molecule is CCN(C(=O)CSc1nnc(Cc2cccc3ccccc23)n1C1CCCCC1)C1CCS(=O)(=O)C1. The molecule has 1 aromatic heterocycles. The number of carbonyl (C=O) groups is 1. The van der Waals surface area contributed by atoms with Gasteiger partial charge >= 0.3 is 0 Å². The van der Waals surface area contributed by atoms with E-state index in [-0.39, 0.29) is 29.2 Å². The van der Waals surface area contributed by atoms with E-state index in [1.165, 1.54) is 47.4 Å². The molecule has 0 spiro atoms. The summed E-state index contributed by atoms with van der Waals surface area (Å²) in [5.74, 6) is 1.40. The number of carbonyl (C=O) groups excluding carboxylic acids is 1. The van der Waals surface area contributed by atoms with Crippen molar-refractivity contribution in [3.05, 3.63) is 53.9 Å². The van der Waals surface area contributed by atoms with Crippen molar-refractivity contribution >= 4 is 38.3 Å². The fourth-order valence-corrected chi connectivity index (χ4v) is 8.36. The molecule has 1 saturated carbocycles. The highest BCUT2D eigenvalue weighted by Crippen LogP contribution is 2.34. The number of thioether (sulfide) groups is 1. The van der Waals surface area contributed by atoms with E-state index in [2.05, 4.69) is 57.2 Å². The third-order valence-corrected chi connectivity index (χ3v) is 10.2. The van der Waals surface area contributed by atoms with Crippen LogP contribution in [0.3, 0.4) is 0 Å². The van der Waals surface area contributed by atoms with Gasteiger partial charge in [-0.1, -0.05) is 73.5 Å². The molecule has 9 heteroatoms. The van der Waals surface area contributed by atoms with Crippen molar-refractivity contribution in [2.75, 3.05) is 23.8 Å². The average Bonchev–Trinajstić information content (AvgIpc) is 3.46. The molecule has 5 rings (SSSR count). The number of aromatic nitrogens is 3. The Kier molecular flexibility index (Phi) is 7.67. The number of benzene rings is 2. The summed E-state index contributed by atoms with van der Waals surface area (Å²) >= 11 is 1.43. The molecule has 1 aliphatic carbocycles. The van der Waals surface area contributed by atoms with Gasteiger partial charge in [-0.05, 0) is 42.5 Å². The van der Waals surface area contributed by atoms with E-state index in [0.717, 1.165) is 23.8 Å². The zero-order valence-corrected chi connectivity index (χ0v) is 22.4. The molecular formula is C27H34N4O3S2. The number of sulfone groups is 1. The second-order valence-corrected chi connectivity index (χ2v) is 13.1. The van der Waals surface area contributed by atoms with Crippen molar-refractivity contribution in [2.45, 2.75) is 69.1 Å². The van der Waals surface area contributed by atoms with Gasteiger partial charge in [0.1, 0.15) is 5.82 Å². The van der Waals surface area contributed by atoms with Crippen molar-refractivity contribution < 1.29 is 13.2 Å². The van der Waals surface area contributed by atoms with Crippen molar-refractivity contribution in [3.8, 4) is 0 Å². The third-order valence-electron chi connectivity index (χ3n) is 7.54. The van der Waals surface area contributed by atoms with E-state index in [1.54, 1.807) is 4.90 Å². The third kappa shape index (κ3) is 5.47. The quantitative estimate of drug-likeness (QED) is 0.397. The second-order valence-electron chi connectivity index (χ2n) is 9.90. The van der Waals surface area contributed by atoms with Crippen molar-refractivity contribution in [1.82, 2.24) is 19.7 Å². The first kappa shape index (κ1) is 25.3. The Labute approximate surface area is 217 Å². The van der Waals surface area contributed by atoms with E-state index in [4.69, 9.17) is 0 Å². The van der Waals surface area contributed by atoms with Crippen molar-refractivity contribution in [2.24, 2.45) is 0 Å². The van der Waals surface area contributed by atoms with Crippen LogP contribution in [-0.4, -0.2) is 63.8 Å². The largest absolute Gasteiger partial charge is 0.338 e. The summed E-state index contributed by atoms with van der Waals surface area (Å²) in [6.45, 7) is 2.43. The average molecular weight is 527 g/mol. The first-order valence-corrected chi connectivity index (χ1v) is 15.8. The molecule has 2 aromatic carbocycles. The Balaban J connectivity index is 1.37. The topological polar surface area (TPSA) is 85.2 Å². The summed E-state index contributed by atoms with van der Waals surface area (Å²) in [5.41, 5.74) is 1.23. The van der Waals surface area contributed by atoms with Gasteiger partial charge in [0.25, 0.3) is 0 Å². The van der Waals surface area contributed by atoms with E-state index >= 15 is 0 Å². The van der Waals surface area contributed by atoms with Crippen LogP contribution in [0.1, 0.15) is 62.9 Å². The lowest BCUT2D eigenvalue weighted by molar-refractivity contribution is -0.129. The Bertz CT molecular complexity index is 1330. The first-order chi connectivity index (χ1) is 17.4. The standard InChI is InChI=1S/C27H34N4O3S2/c1-2-30(23-15-16-36(33,34)19-23)26(32)18-35-27-29-28-25(31(27)22-12-4-3-5-13-22)17-21-11-8-10-20-9-6-7-14-24(20)21/h6-11,14,22-23H,2-5,12-13,15-19H2,1H3. The van der Waals surface area contributed by atoms with E-state index < -0.39 is 9.84 Å². The summed E-state index contributed by atoms with van der Waals surface area (Å²) in [4.78, 5) is 14.9. The Hall–Kier alpha value is -2.39. The van der Waals surface area contributed by atoms with Gasteiger partial charge in [-0.3, -0.25) is 4.79 Å². The molecule has 1 aliphatic heterocycles. The number of hydrogen-bond acceptors (Lipinski definition) is 6. The van der Waals surface area contributed by atoms with Crippen LogP contribution >= 0.6 is 11.8 Å². The molecule has 7 nitrogen and oxygen atoms in total. The fraction of sp³-hybridized carbons (Fsp3) is 0.519. The Morgan fingerprint density at radius 3 is 2.58 bits per heavy atom. The summed E-state index contributed by atoms with van der Waals surface area (Å²) in [5, 5.41) is 12.4. The van der Waals surface area contributed by atoms with Crippen LogP contribution in [0.2, 0.25) is 0 Å². The normalized spacial score (nSPS) is 20.1. The van der Waals surface area contributed by atoms with Crippen LogP contribution in [0, 0.1) is 0 Å². The highest BCUT2D eigenvalue weighted by molar-refractivity contribution is 7.99. The monoisotopic (exact) mass is 526 g/mol. The fourth-order valence-electron chi connectivity index (χ4n) is 5.72. The van der Waals surface area contributed by atoms with Crippen LogP contribution in [0.5, 0.6) is 0 Å². The molecule has 1 atom stereocenters. The van der Waals surface area contributed by atoms with Crippen LogP contribution in [0.25, 0.3) is 10.8 Å². The van der Waals surface area contributed by atoms with Gasteiger partial charge in [-0.15, -0.1) is 10.2 Å². The molecule has 0 N–H and O–H groups in total. The highest BCUT2D eigenvalue weighted by atomic mass is 32.2. The second kappa shape index (κ2) is 10.9. The molecule has 1 unspecified atom stereocenters. The number of nitrogens with zero attached hydrogens (tertiary/aromatic N) is 4. The first-order valence-electron chi connectivity index (χ1n) is 13.0. The van der Waals surface area contributed by atoms with E-state index in [9.17, 15) is 13.2 Å². The van der Waals surface area contributed by atoms with Gasteiger partial charge in [-0.2, -0.15) is 0 Å². The zero-order chi connectivity index (χ0) is 25.1. The Morgan fingerprint density at radius 2 is 1.83 bits per heavy atom. The molecule has 1 saturated heterocycles.